The van der Waals surface area contributed by atoms with Gasteiger partial charge in [-0.3, -0.25) is 9.59 Å². The van der Waals surface area contributed by atoms with Crippen molar-refractivity contribution in [1.82, 2.24) is 10.2 Å². The van der Waals surface area contributed by atoms with Crippen LogP contribution < -0.4 is 5.32 Å². The maximum Gasteiger partial charge on any atom is 0.225 e. The van der Waals surface area contributed by atoms with E-state index >= 15 is 0 Å². The van der Waals surface area contributed by atoms with E-state index in [9.17, 15) is 14.0 Å². The predicted octanol–water partition coefficient (Wildman–Crippen LogP) is 2.08. The quantitative estimate of drug-likeness (QED) is 0.918. The van der Waals surface area contributed by atoms with Crippen LogP contribution in [-0.4, -0.2) is 23.3 Å². The highest BCUT2D eigenvalue weighted by Crippen LogP contribution is 2.20. The molecule has 0 unspecified atom stereocenters. The van der Waals surface area contributed by atoms with Crippen molar-refractivity contribution in [2.24, 2.45) is 5.92 Å². The lowest BCUT2D eigenvalue weighted by atomic mass is 10.1. The summed E-state index contributed by atoms with van der Waals surface area (Å²) in [5.41, 5.74) is 0.428. The topological polar surface area (TPSA) is 62.6 Å². The Hall–Kier alpha value is -2.63. The monoisotopic (exact) mass is 316 g/mol. The number of halogens is 1. The fourth-order valence-corrected chi connectivity index (χ4v) is 2.66. The largest absolute Gasteiger partial charge is 0.467 e. The van der Waals surface area contributed by atoms with Gasteiger partial charge in [-0.05, 0) is 18.2 Å². The van der Waals surface area contributed by atoms with Gasteiger partial charge in [-0.25, -0.2) is 4.39 Å². The number of furan rings is 1. The van der Waals surface area contributed by atoms with Gasteiger partial charge in [0.1, 0.15) is 11.6 Å². The molecule has 2 aromatic rings. The Morgan fingerprint density at radius 1 is 1.30 bits per heavy atom. The highest BCUT2D eigenvalue weighted by Gasteiger charge is 2.34. The number of amides is 2. The number of benzene rings is 1. The lowest BCUT2D eigenvalue weighted by Crippen LogP contribution is -2.32. The Morgan fingerprint density at radius 3 is 2.87 bits per heavy atom. The minimum Gasteiger partial charge on any atom is -0.467 e. The van der Waals surface area contributed by atoms with Gasteiger partial charge < -0.3 is 14.6 Å². The van der Waals surface area contributed by atoms with Crippen molar-refractivity contribution in [2.45, 2.75) is 19.5 Å². The van der Waals surface area contributed by atoms with E-state index in [0.717, 1.165) is 0 Å². The zero-order chi connectivity index (χ0) is 16.2. The first kappa shape index (κ1) is 15.3. The van der Waals surface area contributed by atoms with E-state index in [4.69, 9.17) is 4.42 Å². The Morgan fingerprint density at radius 2 is 2.13 bits per heavy atom. The third-order valence-electron chi connectivity index (χ3n) is 3.92. The highest BCUT2D eigenvalue weighted by molar-refractivity contribution is 5.89. The van der Waals surface area contributed by atoms with Crippen LogP contribution in [0.3, 0.4) is 0 Å². The predicted molar refractivity (Wildman–Crippen MR) is 80.5 cm³/mol. The summed E-state index contributed by atoms with van der Waals surface area (Å²) < 4.78 is 18.8. The Bertz CT molecular complexity index is 700. The van der Waals surface area contributed by atoms with Crippen LogP contribution >= 0.6 is 0 Å². The molecular weight excluding hydrogens is 299 g/mol. The normalized spacial score (nSPS) is 17.5. The highest BCUT2D eigenvalue weighted by atomic mass is 19.1. The van der Waals surface area contributed by atoms with Crippen molar-refractivity contribution >= 4 is 11.8 Å². The summed E-state index contributed by atoms with van der Waals surface area (Å²) in [6.45, 7) is 0.833. The lowest BCUT2D eigenvalue weighted by molar-refractivity contribution is -0.129. The van der Waals surface area contributed by atoms with E-state index in [-0.39, 0.29) is 30.6 Å². The molecule has 1 saturated heterocycles. The summed E-state index contributed by atoms with van der Waals surface area (Å²) in [6, 6.07) is 9.84. The molecule has 2 amide bonds. The van der Waals surface area contributed by atoms with Crippen LogP contribution in [0.4, 0.5) is 4.39 Å². The zero-order valence-corrected chi connectivity index (χ0v) is 12.5. The molecule has 0 saturated carbocycles. The molecule has 1 N–H and O–H groups in total. The summed E-state index contributed by atoms with van der Waals surface area (Å²) >= 11 is 0. The first-order chi connectivity index (χ1) is 11.1. The van der Waals surface area contributed by atoms with E-state index in [1.807, 2.05) is 0 Å². The smallest absolute Gasteiger partial charge is 0.225 e. The molecule has 6 heteroatoms. The second-order valence-electron chi connectivity index (χ2n) is 5.56. The van der Waals surface area contributed by atoms with Gasteiger partial charge in [-0.1, -0.05) is 18.2 Å². The molecule has 3 rings (SSSR count). The fourth-order valence-electron chi connectivity index (χ4n) is 2.66. The molecule has 2 heterocycles. The lowest BCUT2D eigenvalue weighted by Gasteiger charge is -2.15. The van der Waals surface area contributed by atoms with Crippen LogP contribution in [0.15, 0.2) is 47.1 Å². The number of hydrogen-bond donors (Lipinski definition) is 1. The van der Waals surface area contributed by atoms with Gasteiger partial charge in [-0.2, -0.15) is 0 Å². The first-order valence-electron chi connectivity index (χ1n) is 7.45. The molecule has 1 fully saturated rings. The van der Waals surface area contributed by atoms with Gasteiger partial charge in [0.2, 0.25) is 11.8 Å². The molecule has 0 radical (unpaired) electrons. The Kier molecular flexibility index (Phi) is 4.41. The summed E-state index contributed by atoms with van der Waals surface area (Å²) in [5, 5.41) is 2.70. The van der Waals surface area contributed by atoms with Gasteiger partial charge >= 0.3 is 0 Å². The number of nitrogens with one attached hydrogen (secondary N) is 1. The van der Waals surface area contributed by atoms with Crippen molar-refractivity contribution in [3.63, 3.8) is 0 Å². The number of carbonyl (C=O) groups is 2. The fraction of sp³-hybridized carbons (Fsp3) is 0.294. The third kappa shape index (κ3) is 3.59. The summed E-state index contributed by atoms with van der Waals surface area (Å²) in [4.78, 5) is 25.8. The second kappa shape index (κ2) is 6.64. The van der Waals surface area contributed by atoms with Gasteiger partial charge in [-0.15, -0.1) is 0 Å². The Labute approximate surface area is 133 Å². The number of likely N-dealkylation sites (tertiary alicyclic amines) is 1. The second-order valence-corrected chi connectivity index (χ2v) is 5.56. The van der Waals surface area contributed by atoms with Crippen LogP contribution in [0.2, 0.25) is 0 Å². The third-order valence-corrected chi connectivity index (χ3v) is 3.92. The van der Waals surface area contributed by atoms with E-state index < -0.39 is 5.92 Å². The summed E-state index contributed by atoms with van der Waals surface area (Å²) in [5.74, 6) is -0.388. The van der Waals surface area contributed by atoms with Crippen LogP contribution in [0.25, 0.3) is 0 Å². The Balaban J connectivity index is 1.54. The molecule has 120 valence electrons. The van der Waals surface area contributed by atoms with E-state index in [2.05, 4.69) is 5.32 Å². The van der Waals surface area contributed by atoms with Gasteiger partial charge in [0.05, 0.1) is 18.7 Å². The number of hydrogen-bond acceptors (Lipinski definition) is 3. The summed E-state index contributed by atoms with van der Waals surface area (Å²) in [6.07, 6.45) is 1.72. The zero-order valence-electron chi connectivity index (χ0n) is 12.5. The number of rotatable bonds is 5. The molecule has 0 aliphatic carbocycles. The van der Waals surface area contributed by atoms with Crippen LogP contribution in [0, 0.1) is 11.7 Å². The maximum atomic E-state index is 13.5. The first-order valence-corrected chi connectivity index (χ1v) is 7.45. The van der Waals surface area contributed by atoms with Crippen molar-refractivity contribution in [3.8, 4) is 0 Å². The SMILES string of the molecule is O=C(NCc1ccccc1F)[C@@H]1CC(=O)N(Cc2ccco2)C1. The van der Waals surface area contributed by atoms with Crippen LogP contribution in [0.1, 0.15) is 17.7 Å². The van der Waals surface area contributed by atoms with Crippen LogP contribution in [0.5, 0.6) is 0 Å². The standard InChI is InChI=1S/C17H17FN2O3/c18-15-6-2-1-4-12(15)9-19-17(22)13-8-16(21)20(10-13)11-14-5-3-7-23-14/h1-7,13H,8-11H2,(H,19,22)/t13-/m1/s1. The van der Waals surface area contributed by atoms with Crippen molar-refractivity contribution in [3.05, 3.63) is 59.8 Å². The van der Waals surface area contributed by atoms with Crippen molar-refractivity contribution in [1.29, 1.82) is 0 Å². The number of carbonyl (C=O) groups excluding carboxylic acids is 2. The molecule has 0 spiro atoms. The minimum absolute atomic E-state index is 0.0764. The van der Waals surface area contributed by atoms with Crippen LogP contribution in [-0.2, 0) is 22.7 Å². The molecule has 1 aromatic heterocycles. The molecule has 1 aliphatic rings. The molecule has 1 aliphatic heterocycles. The average Bonchev–Trinajstić information content (AvgIpc) is 3.17. The van der Waals surface area contributed by atoms with Gasteiger partial charge in [0, 0.05) is 25.1 Å². The molecule has 23 heavy (non-hydrogen) atoms. The molecule has 1 aromatic carbocycles. The average molecular weight is 316 g/mol. The molecule has 1 atom stereocenters. The van der Waals surface area contributed by atoms with Crippen molar-refractivity contribution in [2.75, 3.05) is 6.54 Å². The van der Waals surface area contributed by atoms with E-state index in [1.165, 1.54) is 6.07 Å². The van der Waals surface area contributed by atoms with Gasteiger partial charge in [0.15, 0.2) is 0 Å². The molecule has 5 nitrogen and oxygen atoms in total. The minimum atomic E-state index is -0.413. The molecule has 0 bridgehead atoms. The van der Waals surface area contributed by atoms with E-state index in [0.29, 0.717) is 24.4 Å². The van der Waals surface area contributed by atoms with Gasteiger partial charge in [0.25, 0.3) is 0 Å². The molecular formula is C17H17FN2O3. The maximum absolute atomic E-state index is 13.5. The summed E-state index contributed by atoms with van der Waals surface area (Å²) in [7, 11) is 0. The number of nitrogens with zero attached hydrogens (tertiary/aromatic N) is 1. The van der Waals surface area contributed by atoms with Crippen molar-refractivity contribution < 1.29 is 18.4 Å². The van der Waals surface area contributed by atoms with E-state index in [1.54, 1.807) is 41.5 Å².